The topological polar surface area (TPSA) is 152 Å². The fourth-order valence-electron chi connectivity index (χ4n) is 3.65. The third kappa shape index (κ3) is 16.4. The highest BCUT2D eigenvalue weighted by Gasteiger charge is 2.44. The summed E-state index contributed by atoms with van der Waals surface area (Å²) in [6, 6.07) is 0. The molecule has 1 aliphatic heterocycles. The van der Waals surface area contributed by atoms with Gasteiger partial charge in [-0.15, -0.1) is 0 Å². The summed E-state index contributed by atoms with van der Waals surface area (Å²) in [4.78, 5) is 24.2. The van der Waals surface area contributed by atoms with Crippen molar-refractivity contribution in [2.24, 2.45) is 0 Å². The summed E-state index contributed by atoms with van der Waals surface area (Å²) in [7, 11) is 0. The average Bonchev–Trinajstić information content (AvgIpc) is 2.96. The predicted octanol–water partition coefficient (Wildman–Crippen LogP) is 3.20. The van der Waals surface area contributed by atoms with Gasteiger partial charge in [0.05, 0.1) is 19.6 Å². The lowest BCUT2D eigenvalue weighted by Gasteiger charge is -2.39. The van der Waals surface area contributed by atoms with E-state index in [0.717, 1.165) is 25.7 Å². The van der Waals surface area contributed by atoms with Gasteiger partial charge in [0, 0.05) is 6.42 Å². The molecule has 1 heterocycles. The third-order valence-corrected chi connectivity index (χ3v) is 5.92. The largest absolute Gasteiger partial charge is 0.462 e. The molecule has 0 spiro atoms. The van der Waals surface area contributed by atoms with Crippen molar-refractivity contribution in [1.82, 2.24) is 0 Å². The normalized spacial score (nSPS) is 24.3. The summed E-state index contributed by atoms with van der Waals surface area (Å²) < 4.78 is 21.3. The molecule has 1 aliphatic rings. The van der Waals surface area contributed by atoms with Crippen LogP contribution in [0.1, 0.15) is 65.2 Å². The van der Waals surface area contributed by atoms with Crippen molar-refractivity contribution < 1.29 is 49.0 Å². The number of carbonyl (C=O) groups is 2. The Hall–Kier alpha value is -2.60. The van der Waals surface area contributed by atoms with Crippen LogP contribution in [0.3, 0.4) is 0 Å². The number of allylic oxidation sites excluding steroid dienone is 9. The Bertz CT molecular complexity index is 861. The van der Waals surface area contributed by atoms with Gasteiger partial charge in [-0.25, -0.2) is 0 Å². The molecule has 0 amide bonds. The zero-order valence-electron chi connectivity index (χ0n) is 24.3. The van der Waals surface area contributed by atoms with Crippen LogP contribution in [-0.2, 0) is 28.5 Å². The molecular formula is C31H48O10. The van der Waals surface area contributed by atoms with Crippen molar-refractivity contribution in [2.75, 3.05) is 19.8 Å². The first-order chi connectivity index (χ1) is 19.8. The Morgan fingerprint density at radius 1 is 0.756 bits per heavy atom. The fourth-order valence-corrected chi connectivity index (χ4v) is 3.65. The molecule has 10 nitrogen and oxygen atoms in total. The summed E-state index contributed by atoms with van der Waals surface area (Å²) >= 11 is 0. The minimum Gasteiger partial charge on any atom is -0.462 e. The Kier molecular flexibility index (Phi) is 20.4. The number of carbonyl (C=O) groups excluding carboxylic acids is 2. The number of hydrogen-bond acceptors (Lipinski definition) is 10. The van der Waals surface area contributed by atoms with E-state index in [1.54, 1.807) is 6.08 Å². The summed E-state index contributed by atoms with van der Waals surface area (Å²) in [5.41, 5.74) is 0. The van der Waals surface area contributed by atoms with Crippen molar-refractivity contribution in [1.29, 1.82) is 0 Å². The van der Waals surface area contributed by atoms with Crippen molar-refractivity contribution in [3.05, 3.63) is 60.8 Å². The monoisotopic (exact) mass is 580 g/mol. The lowest BCUT2D eigenvalue weighted by atomic mass is 9.99. The van der Waals surface area contributed by atoms with Crippen molar-refractivity contribution >= 4 is 11.9 Å². The number of rotatable bonds is 20. The summed E-state index contributed by atoms with van der Waals surface area (Å²) in [6.07, 6.45) is 17.3. The second kappa shape index (κ2) is 23.0. The molecule has 0 aromatic carbocycles. The van der Waals surface area contributed by atoms with Gasteiger partial charge in [-0.2, -0.15) is 0 Å². The van der Waals surface area contributed by atoms with E-state index >= 15 is 0 Å². The Labute approximate surface area is 243 Å². The van der Waals surface area contributed by atoms with Gasteiger partial charge in [0.25, 0.3) is 0 Å². The van der Waals surface area contributed by atoms with Gasteiger partial charge in [0.15, 0.2) is 12.4 Å². The molecule has 6 atom stereocenters. The smallest absolute Gasteiger partial charge is 0.310 e. The maximum atomic E-state index is 12.4. The minimum atomic E-state index is -1.61. The van der Waals surface area contributed by atoms with Crippen LogP contribution < -0.4 is 0 Å². The first kappa shape index (κ1) is 36.4. The van der Waals surface area contributed by atoms with Crippen LogP contribution in [0.5, 0.6) is 0 Å². The van der Waals surface area contributed by atoms with Crippen LogP contribution in [-0.4, -0.2) is 89.0 Å². The summed E-state index contributed by atoms with van der Waals surface area (Å²) in [5.74, 6) is -1.03. The number of hydrogen-bond donors (Lipinski definition) is 4. The molecule has 0 aromatic rings. The molecule has 1 saturated heterocycles. The van der Waals surface area contributed by atoms with Crippen LogP contribution in [0, 0.1) is 0 Å². The Balaban J connectivity index is 2.46. The van der Waals surface area contributed by atoms with Gasteiger partial charge in [-0.3, -0.25) is 9.59 Å². The highest BCUT2D eigenvalue weighted by Crippen LogP contribution is 2.22. The minimum absolute atomic E-state index is 0.00697. The first-order valence-corrected chi connectivity index (χ1v) is 14.4. The van der Waals surface area contributed by atoms with Crippen molar-refractivity contribution in [3.8, 4) is 0 Å². The van der Waals surface area contributed by atoms with Crippen LogP contribution in [0.4, 0.5) is 0 Å². The zero-order chi connectivity index (χ0) is 30.3. The van der Waals surface area contributed by atoms with E-state index in [-0.39, 0.29) is 26.1 Å². The maximum Gasteiger partial charge on any atom is 0.310 e. The second-order valence-corrected chi connectivity index (χ2v) is 9.49. The SMILES string of the molecule is CC/C=C\C/C=C\C/C=C\C/C=C\C/C=C\CC(=O)OC(COC(=O)CCC)COC1OC(CO)C(O)C(O)C1O. The van der Waals surface area contributed by atoms with E-state index in [0.29, 0.717) is 12.8 Å². The van der Waals surface area contributed by atoms with Gasteiger partial charge >= 0.3 is 11.9 Å². The Morgan fingerprint density at radius 3 is 1.85 bits per heavy atom. The number of aliphatic hydroxyl groups is 4. The summed E-state index contributed by atoms with van der Waals surface area (Å²) in [6.45, 7) is 2.75. The lowest BCUT2D eigenvalue weighted by molar-refractivity contribution is -0.305. The molecule has 1 rings (SSSR count). The van der Waals surface area contributed by atoms with Crippen molar-refractivity contribution in [2.45, 2.75) is 102 Å². The van der Waals surface area contributed by atoms with Gasteiger partial charge in [-0.1, -0.05) is 74.6 Å². The van der Waals surface area contributed by atoms with Gasteiger partial charge in [-0.05, 0) is 38.5 Å². The number of ether oxygens (including phenoxy) is 4. The third-order valence-electron chi connectivity index (χ3n) is 5.92. The predicted molar refractivity (Wildman–Crippen MR) is 155 cm³/mol. The molecule has 0 aliphatic carbocycles. The molecule has 4 N–H and O–H groups in total. The Morgan fingerprint density at radius 2 is 1.32 bits per heavy atom. The van der Waals surface area contributed by atoms with E-state index in [4.69, 9.17) is 18.9 Å². The van der Waals surface area contributed by atoms with Crippen molar-refractivity contribution in [3.63, 3.8) is 0 Å². The van der Waals surface area contributed by atoms with Gasteiger partial charge in [0.1, 0.15) is 31.0 Å². The maximum absolute atomic E-state index is 12.4. The first-order valence-electron chi connectivity index (χ1n) is 14.4. The molecule has 232 valence electrons. The van der Waals surface area contributed by atoms with Gasteiger partial charge < -0.3 is 39.4 Å². The second-order valence-electron chi connectivity index (χ2n) is 9.49. The summed E-state index contributed by atoms with van der Waals surface area (Å²) in [5, 5.41) is 39.3. The zero-order valence-corrected chi connectivity index (χ0v) is 24.3. The molecule has 1 fully saturated rings. The molecule has 0 radical (unpaired) electrons. The molecule has 10 heteroatoms. The van der Waals surface area contributed by atoms with E-state index in [9.17, 15) is 30.0 Å². The fraction of sp³-hybridized carbons (Fsp3) is 0.613. The van der Waals surface area contributed by atoms with Crippen LogP contribution in [0.2, 0.25) is 0 Å². The van der Waals surface area contributed by atoms with Crippen LogP contribution in [0.25, 0.3) is 0 Å². The average molecular weight is 581 g/mol. The molecule has 0 bridgehead atoms. The van der Waals surface area contributed by atoms with Crippen LogP contribution in [0.15, 0.2) is 60.8 Å². The molecule has 0 saturated carbocycles. The molecule has 0 aromatic heterocycles. The van der Waals surface area contributed by atoms with E-state index in [2.05, 4.69) is 43.4 Å². The molecule has 41 heavy (non-hydrogen) atoms. The quantitative estimate of drug-likeness (QED) is 0.125. The van der Waals surface area contributed by atoms with Crippen LogP contribution >= 0.6 is 0 Å². The highest BCUT2D eigenvalue weighted by atomic mass is 16.7. The molecule has 6 unspecified atom stereocenters. The highest BCUT2D eigenvalue weighted by molar-refractivity contribution is 5.71. The van der Waals surface area contributed by atoms with E-state index in [1.807, 2.05) is 25.2 Å². The standard InChI is InChI=1S/C31H48O10/c1-3-5-6-7-8-9-10-11-12-13-14-15-16-17-18-20-27(34)40-24(22-38-26(33)19-4-2)23-39-31-30(37)29(36)28(35)25(21-32)41-31/h5-6,8-9,11-12,14-15,17-18,24-25,28-32,35-37H,3-4,7,10,13,16,19-23H2,1-2H3/b6-5-,9-8-,12-11-,15-14-,18-17-. The van der Waals surface area contributed by atoms with E-state index < -0.39 is 55.4 Å². The van der Waals surface area contributed by atoms with E-state index in [1.165, 1.54) is 0 Å². The number of esters is 2. The lowest BCUT2D eigenvalue weighted by Crippen LogP contribution is -2.59. The van der Waals surface area contributed by atoms with Gasteiger partial charge in [0.2, 0.25) is 0 Å². The molecular weight excluding hydrogens is 532 g/mol. The number of aliphatic hydroxyl groups excluding tert-OH is 4.